The molecule has 124 valence electrons. The molecule has 0 bridgehead atoms. The van der Waals surface area contributed by atoms with E-state index in [0.717, 1.165) is 31.5 Å². The second-order valence-corrected chi connectivity index (χ2v) is 6.69. The van der Waals surface area contributed by atoms with Gasteiger partial charge in [-0.3, -0.25) is 14.8 Å². The van der Waals surface area contributed by atoms with Crippen molar-refractivity contribution in [1.82, 2.24) is 14.9 Å². The molecule has 0 radical (unpaired) electrons. The minimum Gasteiger partial charge on any atom is -0.440 e. The first-order chi connectivity index (χ1) is 11.2. The van der Waals surface area contributed by atoms with Gasteiger partial charge < -0.3 is 9.47 Å². The van der Waals surface area contributed by atoms with Gasteiger partial charge in [-0.15, -0.1) is 0 Å². The molecule has 7 heteroatoms. The molecule has 3 saturated heterocycles. The summed E-state index contributed by atoms with van der Waals surface area (Å²) in [6.07, 6.45) is 6.88. The van der Waals surface area contributed by atoms with Gasteiger partial charge in [-0.1, -0.05) is 0 Å². The Morgan fingerprint density at radius 2 is 2.13 bits per heavy atom. The summed E-state index contributed by atoms with van der Waals surface area (Å²) >= 11 is 0. The smallest absolute Gasteiger partial charge is 0.416 e. The molecule has 3 aliphatic heterocycles. The Morgan fingerprint density at radius 1 is 1.30 bits per heavy atom. The number of carbonyl (C=O) groups is 1. The molecule has 1 aromatic heterocycles. The molecule has 0 aromatic carbocycles. The number of ether oxygens (including phenoxy) is 2. The number of anilines is 1. The molecule has 3 fully saturated rings. The van der Waals surface area contributed by atoms with E-state index in [0.29, 0.717) is 25.6 Å². The summed E-state index contributed by atoms with van der Waals surface area (Å²) in [5.74, 6) is 0.594. The average Bonchev–Trinajstić information content (AvgIpc) is 3.12. The number of amides is 1. The number of hydrogen-bond acceptors (Lipinski definition) is 6. The lowest BCUT2D eigenvalue weighted by Crippen LogP contribution is -2.40. The SMILES string of the molecule is CN1CCC[C@H]1c1cncc(N2CC3(CCOCC3)OC2=O)n1. The fraction of sp³-hybridized carbons (Fsp3) is 0.688. The van der Waals surface area contributed by atoms with Crippen molar-refractivity contribution in [3.63, 3.8) is 0 Å². The van der Waals surface area contributed by atoms with Crippen molar-refractivity contribution >= 4 is 11.9 Å². The quantitative estimate of drug-likeness (QED) is 0.827. The maximum absolute atomic E-state index is 12.3. The Morgan fingerprint density at radius 3 is 2.87 bits per heavy atom. The second-order valence-electron chi connectivity index (χ2n) is 6.69. The minimum atomic E-state index is -0.419. The molecule has 1 atom stereocenters. The molecule has 4 heterocycles. The fourth-order valence-corrected chi connectivity index (χ4v) is 3.75. The third-order valence-electron chi connectivity index (χ3n) is 5.15. The number of rotatable bonds is 2. The zero-order valence-electron chi connectivity index (χ0n) is 13.4. The molecule has 3 aliphatic rings. The zero-order chi connectivity index (χ0) is 15.9. The molecule has 1 aromatic rings. The van der Waals surface area contributed by atoms with E-state index >= 15 is 0 Å². The van der Waals surface area contributed by atoms with Crippen LogP contribution in [0.3, 0.4) is 0 Å². The predicted molar refractivity (Wildman–Crippen MR) is 83.2 cm³/mol. The molecule has 7 nitrogen and oxygen atoms in total. The van der Waals surface area contributed by atoms with Crippen LogP contribution in [-0.2, 0) is 9.47 Å². The Kier molecular flexibility index (Phi) is 3.69. The van der Waals surface area contributed by atoms with Gasteiger partial charge in [-0.25, -0.2) is 9.78 Å². The maximum Gasteiger partial charge on any atom is 0.416 e. The highest BCUT2D eigenvalue weighted by Crippen LogP contribution is 2.35. The van der Waals surface area contributed by atoms with Crippen LogP contribution in [0.25, 0.3) is 0 Å². The highest BCUT2D eigenvalue weighted by molar-refractivity contribution is 5.89. The monoisotopic (exact) mass is 318 g/mol. The minimum absolute atomic E-state index is 0.290. The third kappa shape index (κ3) is 2.68. The van der Waals surface area contributed by atoms with E-state index in [1.54, 1.807) is 11.1 Å². The largest absolute Gasteiger partial charge is 0.440 e. The van der Waals surface area contributed by atoms with Crippen LogP contribution in [0.5, 0.6) is 0 Å². The van der Waals surface area contributed by atoms with E-state index in [1.165, 1.54) is 6.42 Å². The van der Waals surface area contributed by atoms with E-state index < -0.39 is 5.60 Å². The summed E-state index contributed by atoms with van der Waals surface area (Å²) in [6, 6.07) is 0.290. The van der Waals surface area contributed by atoms with Crippen molar-refractivity contribution in [1.29, 1.82) is 0 Å². The van der Waals surface area contributed by atoms with Gasteiger partial charge in [-0.05, 0) is 26.4 Å². The van der Waals surface area contributed by atoms with Crippen molar-refractivity contribution in [2.75, 3.05) is 38.3 Å². The highest BCUT2D eigenvalue weighted by Gasteiger charge is 2.47. The first-order valence-electron chi connectivity index (χ1n) is 8.27. The molecular formula is C16H22N4O3. The van der Waals surface area contributed by atoms with E-state index in [4.69, 9.17) is 14.5 Å². The standard InChI is InChI=1S/C16H22N4O3/c1-19-6-2-3-13(19)12-9-17-10-14(18-12)20-11-16(23-15(20)21)4-7-22-8-5-16/h9-10,13H,2-8,11H2,1H3/t13-/m0/s1. The summed E-state index contributed by atoms with van der Waals surface area (Å²) in [5, 5.41) is 0. The van der Waals surface area contributed by atoms with Crippen LogP contribution in [0.1, 0.15) is 37.4 Å². The first-order valence-corrected chi connectivity index (χ1v) is 8.27. The van der Waals surface area contributed by atoms with Crippen molar-refractivity contribution in [2.24, 2.45) is 0 Å². The molecule has 4 rings (SSSR count). The number of likely N-dealkylation sites (tertiary alicyclic amines) is 1. The van der Waals surface area contributed by atoms with Gasteiger partial charge in [0.05, 0.1) is 43.9 Å². The van der Waals surface area contributed by atoms with Crippen LogP contribution in [0.4, 0.5) is 10.6 Å². The molecule has 23 heavy (non-hydrogen) atoms. The summed E-state index contributed by atoms with van der Waals surface area (Å²) in [7, 11) is 2.10. The number of carbonyl (C=O) groups excluding carboxylic acids is 1. The lowest BCUT2D eigenvalue weighted by atomic mass is 9.94. The molecule has 0 unspecified atom stereocenters. The van der Waals surface area contributed by atoms with Crippen LogP contribution in [0.15, 0.2) is 12.4 Å². The predicted octanol–water partition coefficient (Wildman–Crippen LogP) is 1.75. The Hall–Kier alpha value is -1.73. The summed E-state index contributed by atoms with van der Waals surface area (Å²) in [5.41, 5.74) is 0.514. The third-order valence-corrected chi connectivity index (χ3v) is 5.15. The second kappa shape index (κ2) is 5.72. The van der Waals surface area contributed by atoms with E-state index in [-0.39, 0.29) is 12.1 Å². The maximum atomic E-state index is 12.3. The van der Waals surface area contributed by atoms with Gasteiger partial charge in [0.25, 0.3) is 0 Å². The Labute approximate surface area is 135 Å². The van der Waals surface area contributed by atoms with Gasteiger partial charge >= 0.3 is 6.09 Å². The lowest BCUT2D eigenvalue weighted by molar-refractivity contribution is -0.0431. The number of aromatic nitrogens is 2. The van der Waals surface area contributed by atoms with Crippen molar-refractivity contribution in [3.8, 4) is 0 Å². The van der Waals surface area contributed by atoms with Crippen molar-refractivity contribution in [2.45, 2.75) is 37.3 Å². The number of nitrogens with zero attached hydrogens (tertiary/aromatic N) is 4. The summed E-state index contributed by atoms with van der Waals surface area (Å²) in [4.78, 5) is 25.3. The molecule has 1 spiro atoms. The van der Waals surface area contributed by atoms with Crippen LogP contribution in [0, 0.1) is 0 Å². The van der Waals surface area contributed by atoms with Crippen LogP contribution in [0.2, 0.25) is 0 Å². The van der Waals surface area contributed by atoms with Gasteiger partial charge in [0, 0.05) is 12.8 Å². The van der Waals surface area contributed by atoms with Gasteiger partial charge in [-0.2, -0.15) is 0 Å². The van der Waals surface area contributed by atoms with Gasteiger partial charge in [0.2, 0.25) is 0 Å². The zero-order valence-corrected chi connectivity index (χ0v) is 13.4. The molecular weight excluding hydrogens is 296 g/mol. The molecule has 0 aliphatic carbocycles. The van der Waals surface area contributed by atoms with Gasteiger partial charge in [0.1, 0.15) is 5.60 Å². The molecule has 0 saturated carbocycles. The van der Waals surface area contributed by atoms with Crippen molar-refractivity contribution in [3.05, 3.63) is 18.1 Å². The topological polar surface area (TPSA) is 67.8 Å². The normalized spacial score (nSPS) is 27.6. The Bertz CT molecular complexity index is 603. The fourth-order valence-electron chi connectivity index (χ4n) is 3.75. The molecule has 0 N–H and O–H groups in total. The van der Waals surface area contributed by atoms with E-state index in [2.05, 4.69) is 16.9 Å². The van der Waals surface area contributed by atoms with Crippen LogP contribution >= 0.6 is 0 Å². The summed E-state index contributed by atoms with van der Waals surface area (Å²) in [6.45, 7) is 2.89. The lowest BCUT2D eigenvalue weighted by Gasteiger charge is -2.30. The van der Waals surface area contributed by atoms with Gasteiger partial charge in [0.15, 0.2) is 5.82 Å². The highest BCUT2D eigenvalue weighted by atomic mass is 16.6. The number of hydrogen-bond donors (Lipinski definition) is 0. The first kappa shape index (κ1) is 14.8. The Balaban J connectivity index is 1.57. The summed E-state index contributed by atoms with van der Waals surface area (Å²) < 4.78 is 11.1. The van der Waals surface area contributed by atoms with E-state index in [1.807, 2.05) is 6.20 Å². The van der Waals surface area contributed by atoms with E-state index in [9.17, 15) is 4.79 Å². The van der Waals surface area contributed by atoms with Crippen LogP contribution < -0.4 is 4.90 Å². The van der Waals surface area contributed by atoms with Crippen molar-refractivity contribution < 1.29 is 14.3 Å². The van der Waals surface area contributed by atoms with Crippen LogP contribution in [-0.4, -0.2) is 59.9 Å². The molecule has 1 amide bonds. The average molecular weight is 318 g/mol.